The molecule has 0 aliphatic rings. The van der Waals surface area contributed by atoms with E-state index < -0.39 is 0 Å². The summed E-state index contributed by atoms with van der Waals surface area (Å²) < 4.78 is 2.17. The van der Waals surface area contributed by atoms with Gasteiger partial charge >= 0.3 is 0 Å². The zero-order valence-corrected chi connectivity index (χ0v) is 11.8. The van der Waals surface area contributed by atoms with E-state index >= 15 is 0 Å². The summed E-state index contributed by atoms with van der Waals surface area (Å²) >= 11 is 0. The Hall–Kier alpha value is -2.59. The van der Waals surface area contributed by atoms with Crippen molar-refractivity contribution >= 4 is 16.8 Å². The summed E-state index contributed by atoms with van der Waals surface area (Å²) in [5, 5.41) is 1.23. The first-order valence-corrected chi connectivity index (χ1v) is 6.83. The summed E-state index contributed by atoms with van der Waals surface area (Å²) in [6, 6.07) is 16.0. The standard InChI is InChI=1S/C17H17N3O/c1-12-5-6-16-14(9-12)7-8-20(16)11-13-3-2-4-15(10-13)17(21)19-18/h2-10H,11,18H2,1H3,(H,19,21). The Morgan fingerprint density at radius 1 is 1.19 bits per heavy atom. The van der Waals surface area contributed by atoms with Gasteiger partial charge in [-0.2, -0.15) is 0 Å². The molecule has 2 aromatic carbocycles. The van der Waals surface area contributed by atoms with Gasteiger partial charge in [0.25, 0.3) is 5.91 Å². The molecule has 0 radical (unpaired) electrons. The number of nitrogens with one attached hydrogen (secondary N) is 1. The van der Waals surface area contributed by atoms with Crippen LogP contribution in [0.5, 0.6) is 0 Å². The maximum absolute atomic E-state index is 11.6. The fourth-order valence-electron chi connectivity index (χ4n) is 2.55. The van der Waals surface area contributed by atoms with Crippen molar-refractivity contribution in [3.05, 3.63) is 71.4 Å². The van der Waals surface area contributed by atoms with Gasteiger partial charge in [0.2, 0.25) is 0 Å². The topological polar surface area (TPSA) is 60.0 Å². The van der Waals surface area contributed by atoms with Crippen LogP contribution in [0.25, 0.3) is 10.9 Å². The highest BCUT2D eigenvalue weighted by Gasteiger charge is 2.06. The van der Waals surface area contributed by atoms with Crippen molar-refractivity contribution in [1.29, 1.82) is 0 Å². The molecule has 1 heterocycles. The van der Waals surface area contributed by atoms with Crippen molar-refractivity contribution in [2.45, 2.75) is 13.5 Å². The number of hydrogen-bond donors (Lipinski definition) is 2. The zero-order chi connectivity index (χ0) is 14.8. The van der Waals surface area contributed by atoms with Gasteiger partial charge in [-0.1, -0.05) is 23.8 Å². The summed E-state index contributed by atoms with van der Waals surface area (Å²) in [5.74, 6) is 4.90. The lowest BCUT2D eigenvalue weighted by Crippen LogP contribution is -2.30. The minimum atomic E-state index is -0.273. The second kappa shape index (κ2) is 5.42. The minimum Gasteiger partial charge on any atom is -0.343 e. The maximum atomic E-state index is 11.6. The first-order chi connectivity index (χ1) is 10.2. The molecule has 0 fully saturated rings. The lowest BCUT2D eigenvalue weighted by molar-refractivity contribution is 0.0953. The maximum Gasteiger partial charge on any atom is 0.265 e. The second-order valence-corrected chi connectivity index (χ2v) is 5.18. The molecule has 3 rings (SSSR count). The highest BCUT2D eigenvalue weighted by atomic mass is 16.2. The normalized spacial score (nSPS) is 10.8. The van der Waals surface area contributed by atoms with Gasteiger partial charge < -0.3 is 4.57 Å². The van der Waals surface area contributed by atoms with Crippen molar-refractivity contribution in [3.63, 3.8) is 0 Å². The molecule has 1 aromatic heterocycles. The number of rotatable bonds is 3. The molecule has 0 saturated carbocycles. The molecule has 3 N–H and O–H groups in total. The van der Waals surface area contributed by atoms with Crippen LogP contribution in [-0.2, 0) is 6.54 Å². The van der Waals surface area contributed by atoms with Crippen LogP contribution in [0, 0.1) is 6.92 Å². The van der Waals surface area contributed by atoms with Crippen LogP contribution < -0.4 is 11.3 Å². The molecule has 106 valence electrons. The number of hydrogen-bond acceptors (Lipinski definition) is 2. The number of hydrazine groups is 1. The Balaban J connectivity index is 1.93. The first kappa shape index (κ1) is 13.4. The SMILES string of the molecule is Cc1ccc2c(ccn2Cc2cccc(C(=O)NN)c2)c1. The Morgan fingerprint density at radius 3 is 2.86 bits per heavy atom. The summed E-state index contributed by atoms with van der Waals surface area (Å²) in [4.78, 5) is 11.6. The fraction of sp³-hybridized carbons (Fsp3) is 0.118. The third-order valence-electron chi connectivity index (χ3n) is 3.60. The van der Waals surface area contributed by atoms with Crippen LogP contribution in [0.2, 0.25) is 0 Å². The van der Waals surface area contributed by atoms with Gasteiger partial charge in [0.05, 0.1) is 0 Å². The molecule has 1 amide bonds. The van der Waals surface area contributed by atoms with E-state index in [0.29, 0.717) is 5.56 Å². The van der Waals surface area contributed by atoms with Crippen molar-refractivity contribution in [2.75, 3.05) is 0 Å². The van der Waals surface area contributed by atoms with Gasteiger partial charge in [-0.3, -0.25) is 10.2 Å². The first-order valence-electron chi connectivity index (χ1n) is 6.83. The average Bonchev–Trinajstić information content (AvgIpc) is 2.89. The monoisotopic (exact) mass is 279 g/mol. The van der Waals surface area contributed by atoms with E-state index in [1.54, 1.807) is 6.07 Å². The van der Waals surface area contributed by atoms with Crippen LogP contribution >= 0.6 is 0 Å². The molecular formula is C17H17N3O. The van der Waals surface area contributed by atoms with Crippen LogP contribution in [0.4, 0.5) is 0 Å². The van der Waals surface area contributed by atoms with Crippen molar-refractivity contribution in [3.8, 4) is 0 Å². The van der Waals surface area contributed by atoms with Gasteiger partial charge in [-0.05, 0) is 48.2 Å². The molecule has 4 nitrogen and oxygen atoms in total. The number of fused-ring (bicyclic) bond motifs is 1. The van der Waals surface area contributed by atoms with E-state index in [2.05, 4.69) is 47.4 Å². The van der Waals surface area contributed by atoms with E-state index in [1.807, 2.05) is 18.2 Å². The Bertz CT molecular complexity index is 805. The molecule has 21 heavy (non-hydrogen) atoms. The summed E-state index contributed by atoms with van der Waals surface area (Å²) in [7, 11) is 0. The summed E-state index contributed by atoms with van der Waals surface area (Å²) in [5.41, 5.74) is 6.23. The number of carbonyl (C=O) groups excluding carboxylic acids is 1. The second-order valence-electron chi connectivity index (χ2n) is 5.18. The van der Waals surface area contributed by atoms with E-state index in [4.69, 9.17) is 5.84 Å². The van der Waals surface area contributed by atoms with Crippen molar-refractivity contribution < 1.29 is 4.79 Å². The van der Waals surface area contributed by atoms with E-state index in [-0.39, 0.29) is 5.91 Å². The Labute approximate surface area is 123 Å². The summed E-state index contributed by atoms with van der Waals surface area (Å²) in [6.45, 7) is 2.81. The number of aromatic nitrogens is 1. The molecule has 0 atom stereocenters. The highest BCUT2D eigenvalue weighted by Crippen LogP contribution is 2.19. The fourth-order valence-corrected chi connectivity index (χ4v) is 2.55. The van der Waals surface area contributed by atoms with Gasteiger partial charge in [-0.15, -0.1) is 0 Å². The molecule has 0 aliphatic carbocycles. The molecule has 0 aliphatic heterocycles. The van der Waals surface area contributed by atoms with Crippen LogP contribution in [0.3, 0.4) is 0 Å². The summed E-state index contributed by atoms with van der Waals surface area (Å²) in [6.07, 6.45) is 2.07. The molecular weight excluding hydrogens is 262 g/mol. The quantitative estimate of drug-likeness (QED) is 0.440. The van der Waals surface area contributed by atoms with Crippen molar-refractivity contribution in [1.82, 2.24) is 9.99 Å². The van der Waals surface area contributed by atoms with E-state index in [1.165, 1.54) is 16.5 Å². The van der Waals surface area contributed by atoms with Gasteiger partial charge in [0, 0.05) is 23.8 Å². The zero-order valence-electron chi connectivity index (χ0n) is 11.8. The molecule has 0 unspecified atom stereocenters. The Morgan fingerprint density at radius 2 is 2.05 bits per heavy atom. The van der Waals surface area contributed by atoms with Crippen LogP contribution in [0.1, 0.15) is 21.5 Å². The molecule has 4 heteroatoms. The van der Waals surface area contributed by atoms with Gasteiger partial charge in [0.15, 0.2) is 0 Å². The smallest absolute Gasteiger partial charge is 0.265 e. The number of amides is 1. The third-order valence-corrected chi connectivity index (χ3v) is 3.60. The number of aryl methyl sites for hydroxylation is 1. The predicted octanol–water partition coefficient (Wildman–Crippen LogP) is 2.60. The highest BCUT2D eigenvalue weighted by molar-refractivity contribution is 5.93. The molecule has 3 aromatic rings. The third kappa shape index (κ3) is 2.66. The largest absolute Gasteiger partial charge is 0.343 e. The van der Waals surface area contributed by atoms with Gasteiger partial charge in [0.1, 0.15) is 0 Å². The Kier molecular flexibility index (Phi) is 3.46. The number of nitrogens with two attached hydrogens (primary N) is 1. The van der Waals surface area contributed by atoms with E-state index in [0.717, 1.165) is 12.1 Å². The predicted molar refractivity (Wildman–Crippen MR) is 83.9 cm³/mol. The minimum absolute atomic E-state index is 0.273. The van der Waals surface area contributed by atoms with Crippen molar-refractivity contribution in [2.24, 2.45) is 5.84 Å². The lowest BCUT2D eigenvalue weighted by Gasteiger charge is -2.08. The average molecular weight is 279 g/mol. The lowest BCUT2D eigenvalue weighted by atomic mass is 10.1. The number of nitrogen functional groups attached to an aromatic ring is 1. The number of benzene rings is 2. The van der Waals surface area contributed by atoms with Crippen LogP contribution in [0.15, 0.2) is 54.7 Å². The number of nitrogens with zero attached hydrogens (tertiary/aromatic N) is 1. The molecule has 0 spiro atoms. The molecule has 0 saturated heterocycles. The number of carbonyl (C=O) groups is 1. The van der Waals surface area contributed by atoms with Gasteiger partial charge in [-0.25, -0.2) is 5.84 Å². The molecule has 0 bridgehead atoms. The van der Waals surface area contributed by atoms with Crippen LogP contribution in [-0.4, -0.2) is 10.5 Å². The van der Waals surface area contributed by atoms with E-state index in [9.17, 15) is 4.79 Å².